The molecule has 0 radical (unpaired) electrons. The summed E-state index contributed by atoms with van der Waals surface area (Å²) in [4.78, 5) is 17.2. The standard InChI is InChI=1S/C38H53F3N2O2S4/c1-3-46-20-22-48-18-16-42(17-19-49-23-21-47-4-2)27-28-8-11-31(34(24-28)38(39,40)41)37-32-12-9-29(43-14-6-5-7-15-43)25-35(32)45-36-26-30(44)10-13-33(36)37/h8-9,11-12,24-25,33,36-37H,3-7,10,13-23,26-27H2,1-2H3. The van der Waals surface area contributed by atoms with Crippen molar-refractivity contribution in [3.63, 3.8) is 0 Å². The fourth-order valence-corrected chi connectivity index (χ4v) is 11.0. The molecule has 0 spiro atoms. The summed E-state index contributed by atoms with van der Waals surface area (Å²) >= 11 is 7.76. The Morgan fingerprint density at radius 1 is 0.837 bits per heavy atom. The van der Waals surface area contributed by atoms with Crippen LogP contribution in [-0.4, -0.2) is 89.0 Å². The summed E-state index contributed by atoms with van der Waals surface area (Å²) in [5, 5.41) is 0. The van der Waals surface area contributed by atoms with E-state index in [0.29, 0.717) is 36.3 Å². The van der Waals surface area contributed by atoms with Gasteiger partial charge in [-0.2, -0.15) is 60.2 Å². The van der Waals surface area contributed by atoms with E-state index in [-0.39, 0.29) is 18.1 Å². The molecule has 5 rings (SSSR count). The van der Waals surface area contributed by atoms with Crippen LogP contribution in [0.4, 0.5) is 18.9 Å². The minimum absolute atomic E-state index is 0.131. The normalized spacial score (nSPS) is 21.1. The van der Waals surface area contributed by atoms with Crippen LogP contribution in [0.1, 0.15) is 80.5 Å². The zero-order chi connectivity index (χ0) is 34.6. The summed E-state index contributed by atoms with van der Waals surface area (Å²) in [5.74, 6) is 8.77. The van der Waals surface area contributed by atoms with Crippen LogP contribution in [0.5, 0.6) is 5.75 Å². The SMILES string of the molecule is CCSCCSCCN(CCSCCSCC)Cc1ccc(C2c3ccc(N4CCCCC4)cc3OC3CC(=O)CCC32)c(C(F)(F)F)c1. The van der Waals surface area contributed by atoms with Crippen molar-refractivity contribution >= 4 is 58.5 Å². The monoisotopic (exact) mass is 754 g/mol. The van der Waals surface area contributed by atoms with E-state index in [4.69, 9.17) is 4.74 Å². The second-order valence-corrected chi connectivity index (χ2v) is 18.4. The van der Waals surface area contributed by atoms with Gasteiger partial charge >= 0.3 is 6.18 Å². The molecular weight excluding hydrogens is 702 g/mol. The number of hydrogen-bond acceptors (Lipinski definition) is 8. The molecule has 3 unspecified atom stereocenters. The first-order valence-electron chi connectivity index (χ1n) is 18.1. The number of carbonyl (C=O) groups excluding carboxylic acids is 1. The Hall–Kier alpha value is -1.14. The molecule has 2 aliphatic heterocycles. The molecule has 2 aromatic carbocycles. The lowest BCUT2D eigenvalue weighted by Gasteiger charge is -2.43. The van der Waals surface area contributed by atoms with Crippen LogP contribution >= 0.6 is 47.0 Å². The Balaban J connectivity index is 1.40. The van der Waals surface area contributed by atoms with Gasteiger partial charge in [0.25, 0.3) is 0 Å². The highest BCUT2D eigenvalue weighted by atomic mass is 32.2. The van der Waals surface area contributed by atoms with E-state index in [1.165, 1.54) is 12.5 Å². The third kappa shape index (κ3) is 11.2. The van der Waals surface area contributed by atoms with Crippen LogP contribution in [-0.2, 0) is 17.5 Å². The molecule has 49 heavy (non-hydrogen) atoms. The zero-order valence-corrected chi connectivity index (χ0v) is 32.4. The maximum absolute atomic E-state index is 15.1. The third-order valence-electron chi connectivity index (χ3n) is 9.84. The molecule has 2 aromatic rings. The Labute approximate surface area is 309 Å². The molecule has 2 fully saturated rings. The number of ether oxygens (including phenoxy) is 1. The predicted octanol–water partition coefficient (Wildman–Crippen LogP) is 9.73. The Morgan fingerprint density at radius 2 is 1.49 bits per heavy atom. The van der Waals surface area contributed by atoms with Gasteiger partial charge in [-0.25, -0.2) is 0 Å². The van der Waals surface area contributed by atoms with Crippen molar-refractivity contribution in [2.24, 2.45) is 5.92 Å². The number of benzene rings is 2. The van der Waals surface area contributed by atoms with E-state index in [1.807, 2.05) is 65.2 Å². The van der Waals surface area contributed by atoms with Gasteiger partial charge in [0.2, 0.25) is 0 Å². The molecule has 0 bridgehead atoms. The van der Waals surface area contributed by atoms with Crippen molar-refractivity contribution in [2.75, 3.05) is 77.1 Å². The van der Waals surface area contributed by atoms with E-state index in [2.05, 4.69) is 29.7 Å². The molecule has 1 saturated heterocycles. The number of carbonyl (C=O) groups is 1. The van der Waals surface area contributed by atoms with Gasteiger partial charge in [-0.1, -0.05) is 32.0 Å². The topological polar surface area (TPSA) is 32.8 Å². The van der Waals surface area contributed by atoms with Gasteiger partial charge in [-0.15, -0.1) is 0 Å². The Morgan fingerprint density at radius 3 is 2.14 bits per heavy atom. The van der Waals surface area contributed by atoms with Crippen LogP contribution in [0, 0.1) is 5.92 Å². The van der Waals surface area contributed by atoms with Gasteiger partial charge in [0, 0.05) is 109 Å². The summed E-state index contributed by atoms with van der Waals surface area (Å²) in [6, 6.07) is 11.2. The summed E-state index contributed by atoms with van der Waals surface area (Å²) in [6.45, 7) is 8.51. The first-order chi connectivity index (χ1) is 23.8. The number of thioether (sulfide) groups is 4. The van der Waals surface area contributed by atoms with Crippen LogP contribution in [0.2, 0.25) is 0 Å². The average molecular weight is 755 g/mol. The molecule has 11 heteroatoms. The number of piperidine rings is 1. The lowest BCUT2D eigenvalue weighted by molar-refractivity contribution is -0.139. The lowest BCUT2D eigenvalue weighted by Crippen LogP contribution is -2.42. The maximum atomic E-state index is 15.1. The van der Waals surface area contributed by atoms with Gasteiger partial charge in [0.05, 0.1) is 5.56 Å². The van der Waals surface area contributed by atoms with E-state index in [0.717, 1.165) is 96.3 Å². The molecule has 1 saturated carbocycles. The first kappa shape index (κ1) is 39.1. The van der Waals surface area contributed by atoms with E-state index >= 15 is 13.2 Å². The highest BCUT2D eigenvalue weighted by molar-refractivity contribution is 8.03. The van der Waals surface area contributed by atoms with Crippen LogP contribution in [0.15, 0.2) is 36.4 Å². The number of nitrogens with zero attached hydrogens (tertiary/aromatic N) is 2. The molecule has 0 amide bonds. The summed E-state index contributed by atoms with van der Waals surface area (Å²) in [7, 11) is 0. The number of hydrogen-bond donors (Lipinski definition) is 0. The van der Waals surface area contributed by atoms with Crippen LogP contribution in [0.3, 0.4) is 0 Å². The molecule has 272 valence electrons. The van der Waals surface area contributed by atoms with Gasteiger partial charge in [0.1, 0.15) is 17.6 Å². The van der Waals surface area contributed by atoms with Crippen molar-refractivity contribution in [2.45, 2.75) is 77.1 Å². The second kappa shape index (κ2) is 19.6. The van der Waals surface area contributed by atoms with Crippen LogP contribution < -0.4 is 9.64 Å². The third-order valence-corrected chi connectivity index (χ3v) is 14.1. The smallest absolute Gasteiger partial charge is 0.416 e. The molecule has 0 N–H and O–H groups in total. The number of ketones is 1. The summed E-state index contributed by atoms with van der Waals surface area (Å²) in [5.41, 5.74) is 2.34. The lowest BCUT2D eigenvalue weighted by atomic mass is 9.69. The number of halogens is 3. The minimum atomic E-state index is -4.50. The van der Waals surface area contributed by atoms with E-state index < -0.39 is 23.8 Å². The molecule has 2 heterocycles. The number of rotatable bonds is 18. The summed E-state index contributed by atoms with van der Waals surface area (Å²) < 4.78 is 51.7. The van der Waals surface area contributed by atoms with Gasteiger partial charge in [-0.3, -0.25) is 9.69 Å². The van der Waals surface area contributed by atoms with E-state index in [9.17, 15) is 4.79 Å². The zero-order valence-electron chi connectivity index (χ0n) is 29.1. The van der Waals surface area contributed by atoms with Crippen molar-refractivity contribution in [3.8, 4) is 5.75 Å². The molecular formula is C38H53F3N2O2S4. The highest BCUT2D eigenvalue weighted by Gasteiger charge is 2.46. The minimum Gasteiger partial charge on any atom is -0.489 e. The van der Waals surface area contributed by atoms with Crippen molar-refractivity contribution < 1.29 is 22.7 Å². The quantitative estimate of drug-likeness (QED) is 0.139. The second-order valence-electron chi connectivity index (χ2n) is 13.2. The molecule has 3 aliphatic rings. The highest BCUT2D eigenvalue weighted by Crippen LogP contribution is 2.51. The van der Waals surface area contributed by atoms with Crippen molar-refractivity contribution in [1.29, 1.82) is 0 Å². The van der Waals surface area contributed by atoms with Gasteiger partial charge < -0.3 is 9.64 Å². The Bertz CT molecular complexity index is 1320. The van der Waals surface area contributed by atoms with Gasteiger partial charge in [-0.05, 0) is 60.4 Å². The molecule has 3 atom stereocenters. The molecule has 4 nitrogen and oxygen atoms in total. The van der Waals surface area contributed by atoms with Crippen LogP contribution in [0.25, 0.3) is 0 Å². The number of fused-ring (bicyclic) bond motifs is 2. The maximum Gasteiger partial charge on any atom is 0.416 e. The number of alkyl halides is 3. The largest absolute Gasteiger partial charge is 0.489 e. The summed E-state index contributed by atoms with van der Waals surface area (Å²) in [6.07, 6.45) is -0.242. The first-order valence-corrected chi connectivity index (χ1v) is 22.7. The average Bonchev–Trinajstić information content (AvgIpc) is 3.09. The van der Waals surface area contributed by atoms with Crippen molar-refractivity contribution in [3.05, 3.63) is 58.7 Å². The van der Waals surface area contributed by atoms with Gasteiger partial charge in [0.15, 0.2) is 0 Å². The number of Topliss-reactive ketones (excluding diaryl/α,β-unsaturated/α-hetero) is 1. The fourth-order valence-electron chi connectivity index (χ4n) is 7.39. The molecule has 0 aromatic heterocycles. The molecule has 1 aliphatic carbocycles. The number of anilines is 1. The predicted molar refractivity (Wildman–Crippen MR) is 208 cm³/mol. The van der Waals surface area contributed by atoms with E-state index in [1.54, 1.807) is 6.07 Å². The fraction of sp³-hybridized carbons (Fsp3) is 0.658. The van der Waals surface area contributed by atoms with Crippen molar-refractivity contribution in [1.82, 2.24) is 4.90 Å². The Kier molecular flexibility index (Phi) is 15.7.